The van der Waals surface area contributed by atoms with Crippen LogP contribution in [0.25, 0.3) is 0 Å². The lowest BCUT2D eigenvalue weighted by Crippen LogP contribution is -2.21. The lowest BCUT2D eigenvalue weighted by Gasteiger charge is -2.12. The number of hydrogen-bond donors (Lipinski definition) is 3. The SMILES string of the molecule is CCCNC1=C(O)C(=O)CC1CO. The third-order valence-corrected chi connectivity index (χ3v) is 2.15. The van der Waals surface area contributed by atoms with Crippen LogP contribution in [0.5, 0.6) is 0 Å². The molecule has 0 amide bonds. The Bertz CT molecular complexity index is 235. The molecule has 0 fully saturated rings. The van der Waals surface area contributed by atoms with E-state index in [4.69, 9.17) is 5.11 Å². The molecule has 4 nitrogen and oxygen atoms in total. The number of rotatable bonds is 4. The molecule has 0 saturated heterocycles. The molecule has 1 aliphatic carbocycles. The summed E-state index contributed by atoms with van der Waals surface area (Å²) in [5, 5.41) is 21.2. The fraction of sp³-hybridized carbons (Fsp3) is 0.667. The zero-order valence-corrected chi connectivity index (χ0v) is 7.71. The Morgan fingerprint density at radius 3 is 2.85 bits per heavy atom. The first-order valence-corrected chi connectivity index (χ1v) is 4.51. The Balaban J connectivity index is 2.69. The molecule has 1 rings (SSSR count). The molecule has 0 saturated carbocycles. The molecular formula is C9H15NO3. The Morgan fingerprint density at radius 2 is 2.31 bits per heavy atom. The average Bonchev–Trinajstić information content (AvgIpc) is 2.40. The van der Waals surface area contributed by atoms with Crippen molar-refractivity contribution in [3.63, 3.8) is 0 Å². The van der Waals surface area contributed by atoms with Gasteiger partial charge in [0, 0.05) is 18.9 Å². The third-order valence-electron chi connectivity index (χ3n) is 2.15. The quantitative estimate of drug-likeness (QED) is 0.590. The Kier molecular flexibility index (Phi) is 3.31. The number of aliphatic hydroxyl groups is 2. The monoisotopic (exact) mass is 185 g/mol. The van der Waals surface area contributed by atoms with E-state index >= 15 is 0 Å². The summed E-state index contributed by atoms with van der Waals surface area (Å²) in [5.41, 5.74) is 0.509. The number of nitrogens with one attached hydrogen (secondary N) is 1. The maximum Gasteiger partial charge on any atom is 0.199 e. The Labute approximate surface area is 77.3 Å². The second-order valence-corrected chi connectivity index (χ2v) is 3.20. The first-order chi connectivity index (χ1) is 6.20. The summed E-state index contributed by atoms with van der Waals surface area (Å²) in [4.78, 5) is 11.1. The molecule has 0 spiro atoms. The summed E-state index contributed by atoms with van der Waals surface area (Å²) in [6.45, 7) is 2.61. The highest BCUT2D eigenvalue weighted by Crippen LogP contribution is 2.25. The lowest BCUT2D eigenvalue weighted by molar-refractivity contribution is -0.117. The molecule has 0 aliphatic heterocycles. The number of ketones is 1. The third kappa shape index (κ3) is 2.01. The zero-order valence-electron chi connectivity index (χ0n) is 7.71. The van der Waals surface area contributed by atoms with Crippen LogP contribution in [-0.2, 0) is 4.79 Å². The second kappa shape index (κ2) is 4.28. The van der Waals surface area contributed by atoms with Crippen LogP contribution in [0.4, 0.5) is 0 Å². The molecule has 0 radical (unpaired) electrons. The van der Waals surface area contributed by atoms with Crippen molar-refractivity contribution >= 4 is 5.78 Å². The van der Waals surface area contributed by atoms with Gasteiger partial charge in [-0.25, -0.2) is 0 Å². The molecule has 1 aliphatic rings. The van der Waals surface area contributed by atoms with Crippen molar-refractivity contribution < 1.29 is 15.0 Å². The van der Waals surface area contributed by atoms with Crippen molar-refractivity contribution in [2.75, 3.05) is 13.2 Å². The van der Waals surface area contributed by atoms with E-state index in [1.807, 2.05) is 6.92 Å². The van der Waals surface area contributed by atoms with Gasteiger partial charge in [0.2, 0.25) is 0 Å². The summed E-state index contributed by atoms with van der Waals surface area (Å²) in [6, 6.07) is 0. The van der Waals surface area contributed by atoms with E-state index in [2.05, 4.69) is 5.32 Å². The molecular weight excluding hydrogens is 170 g/mol. The van der Waals surface area contributed by atoms with Crippen LogP contribution in [0.15, 0.2) is 11.5 Å². The number of allylic oxidation sites excluding steroid dienone is 1. The highest BCUT2D eigenvalue weighted by Gasteiger charge is 2.31. The summed E-state index contributed by atoms with van der Waals surface area (Å²) in [7, 11) is 0. The van der Waals surface area contributed by atoms with E-state index in [0.717, 1.165) is 6.42 Å². The van der Waals surface area contributed by atoms with Crippen LogP contribution in [0, 0.1) is 5.92 Å². The standard InChI is InChI=1S/C9H15NO3/c1-2-3-10-8-6(5-11)4-7(12)9(8)13/h6,10-11,13H,2-5H2,1H3. The van der Waals surface area contributed by atoms with Gasteiger partial charge in [-0.05, 0) is 6.42 Å². The Hall–Kier alpha value is -1.03. The van der Waals surface area contributed by atoms with E-state index < -0.39 is 0 Å². The Morgan fingerprint density at radius 1 is 1.62 bits per heavy atom. The summed E-state index contributed by atoms with van der Waals surface area (Å²) < 4.78 is 0. The lowest BCUT2D eigenvalue weighted by atomic mass is 10.1. The van der Waals surface area contributed by atoms with E-state index in [0.29, 0.717) is 12.2 Å². The van der Waals surface area contributed by atoms with E-state index in [1.165, 1.54) is 0 Å². The first-order valence-electron chi connectivity index (χ1n) is 4.51. The first kappa shape index (κ1) is 10.1. The predicted octanol–water partition coefficient (Wildman–Crippen LogP) is 0.337. The van der Waals surface area contributed by atoms with Gasteiger partial charge in [0.15, 0.2) is 11.5 Å². The van der Waals surface area contributed by atoms with Gasteiger partial charge in [-0.1, -0.05) is 6.92 Å². The van der Waals surface area contributed by atoms with Gasteiger partial charge in [0.05, 0.1) is 12.3 Å². The molecule has 3 N–H and O–H groups in total. The number of Topliss-reactive ketones (excluding diaryl/α,β-unsaturated/α-hetero) is 1. The molecule has 0 aromatic rings. The second-order valence-electron chi connectivity index (χ2n) is 3.20. The topological polar surface area (TPSA) is 69.6 Å². The molecule has 4 heteroatoms. The molecule has 0 aromatic carbocycles. The van der Waals surface area contributed by atoms with Crippen molar-refractivity contribution in [2.24, 2.45) is 5.92 Å². The van der Waals surface area contributed by atoms with Crippen LogP contribution in [0.3, 0.4) is 0 Å². The molecule has 0 bridgehead atoms. The van der Waals surface area contributed by atoms with Gasteiger partial charge in [-0.15, -0.1) is 0 Å². The number of carbonyl (C=O) groups excluding carboxylic acids is 1. The minimum Gasteiger partial charge on any atom is -0.503 e. The van der Waals surface area contributed by atoms with E-state index in [1.54, 1.807) is 0 Å². The summed E-state index contributed by atoms with van der Waals surface area (Å²) in [6.07, 6.45) is 1.14. The van der Waals surface area contributed by atoms with Crippen LogP contribution in [0.1, 0.15) is 19.8 Å². The van der Waals surface area contributed by atoms with Gasteiger partial charge in [-0.2, -0.15) is 0 Å². The van der Waals surface area contributed by atoms with Gasteiger partial charge >= 0.3 is 0 Å². The van der Waals surface area contributed by atoms with Crippen molar-refractivity contribution in [3.8, 4) is 0 Å². The van der Waals surface area contributed by atoms with Gasteiger partial charge in [-0.3, -0.25) is 4.79 Å². The van der Waals surface area contributed by atoms with Crippen molar-refractivity contribution in [2.45, 2.75) is 19.8 Å². The maximum absolute atomic E-state index is 11.1. The van der Waals surface area contributed by atoms with Gasteiger partial charge < -0.3 is 15.5 Å². The molecule has 1 atom stereocenters. The molecule has 0 aromatic heterocycles. The van der Waals surface area contributed by atoms with Gasteiger partial charge in [0.1, 0.15) is 0 Å². The van der Waals surface area contributed by atoms with Crippen molar-refractivity contribution in [3.05, 3.63) is 11.5 Å². The zero-order chi connectivity index (χ0) is 9.84. The normalized spacial score (nSPS) is 22.6. The van der Waals surface area contributed by atoms with Gasteiger partial charge in [0.25, 0.3) is 0 Å². The summed E-state index contributed by atoms with van der Waals surface area (Å²) in [5.74, 6) is -0.718. The van der Waals surface area contributed by atoms with Crippen LogP contribution in [0.2, 0.25) is 0 Å². The van der Waals surface area contributed by atoms with Crippen LogP contribution < -0.4 is 5.32 Å². The summed E-state index contributed by atoms with van der Waals surface area (Å²) >= 11 is 0. The highest BCUT2D eigenvalue weighted by atomic mass is 16.3. The number of hydrogen-bond acceptors (Lipinski definition) is 4. The molecule has 74 valence electrons. The fourth-order valence-corrected chi connectivity index (χ4v) is 1.41. The maximum atomic E-state index is 11.1. The number of aliphatic hydroxyl groups excluding tert-OH is 2. The number of carbonyl (C=O) groups is 1. The fourth-order valence-electron chi connectivity index (χ4n) is 1.41. The van der Waals surface area contributed by atoms with Crippen LogP contribution >= 0.6 is 0 Å². The van der Waals surface area contributed by atoms with E-state index in [-0.39, 0.29) is 30.5 Å². The minimum atomic E-state index is -0.280. The van der Waals surface area contributed by atoms with E-state index in [9.17, 15) is 9.90 Å². The van der Waals surface area contributed by atoms with Crippen LogP contribution in [-0.4, -0.2) is 29.1 Å². The predicted molar refractivity (Wildman–Crippen MR) is 48.1 cm³/mol. The molecule has 1 unspecified atom stereocenters. The molecule has 13 heavy (non-hydrogen) atoms. The molecule has 0 heterocycles. The average molecular weight is 185 g/mol. The highest BCUT2D eigenvalue weighted by molar-refractivity contribution is 5.96. The largest absolute Gasteiger partial charge is 0.503 e. The smallest absolute Gasteiger partial charge is 0.199 e. The minimum absolute atomic E-state index is 0.0954. The van der Waals surface area contributed by atoms with Crippen molar-refractivity contribution in [1.82, 2.24) is 5.32 Å². The van der Waals surface area contributed by atoms with Crippen molar-refractivity contribution in [1.29, 1.82) is 0 Å².